The summed E-state index contributed by atoms with van der Waals surface area (Å²) >= 11 is 7.49. The predicted molar refractivity (Wildman–Crippen MR) is 85.6 cm³/mol. The van der Waals surface area contributed by atoms with Crippen LogP contribution < -0.4 is 5.32 Å². The van der Waals surface area contributed by atoms with Gasteiger partial charge in [-0.25, -0.2) is 4.79 Å². The van der Waals surface area contributed by atoms with Gasteiger partial charge in [-0.2, -0.15) is 11.8 Å². The van der Waals surface area contributed by atoms with Crippen LogP contribution in [0.1, 0.15) is 26.5 Å². The van der Waals surface area contributed by atoms with Crippen LogP contribution in [0.4, 0.5) is 0 Å². The summed E-state index contributed by atoms with van der Waals surface area (Å²) in [6, 6.07) is 8.82. The number of carbonyl (C=O) groups is 2. The molecule has 7 heteroatoms. The number of hydrogen-bond acceptors (Lipinski definition) is 4. The van der Waals surface area contributed by atoms with Crippen molar-refractivity contribution in [2.24, 2.45) is 0 Å². The molecule has 0 saturated heterocycles. The second-order valence-electron chi connectivity index (χ2n) is 4.44. The van der Waals surface area contributed by atoms with Crippen LogP contribution in [0.5, 0.6) is 0 Å². The minimum Gasteiger partial charge on any atom is -0.478 e. The molecule has 0 unspecified atom stereocenters. The lowest BCUT2D eigenvalue weighted by molar-refractivity contribution is 0.0696. The molecule has 1 amide bonds. The molecule has 2 aromatic rings. The maximum absolute atomic E-state index is 11.7. The molecule has 0 spiro atoms. The van der Waals surface area contributed by atoms with E-state index in [9.17, 15) is 9.59 Å². The average molecular weight is 340 g/mol. The first kappa shape index (κ1) is 16.5. The molecule has 1 aromatic heterocycles. The third-order valence-corrected chi connectivity index (χ3v) is 4.07. The first-order chi connectivity index (χ1) is 10.6. The van der Waals surface area contributed by atoms with Crippen LogP contribution in [-0.2, 0) is 5.75 Å². The normalized spacial score (nSPS) is 10.4. The van der Waals surface area contributed by atoms with Gasteiger partial charge in [-0.1, -0.05) is 23.7 Å². The summed E-state index contributed by atoms with van der Waals surface area (Å²) in [6.07, 6.45) is 1.05. The molecule has 0 atom stereocenters. The first-order valence-corrected chi connectivity index (χ1v) is 8.02. The Bertz CT molecular complexity index is 654. The van der Waals surface area contributed by atoms with Crippen molar-refractivity contribution in [1.82, 2.24) is 5.32 Å². The van der Waals surface area contributed by atoms with E-state index in [0.29, 0.717) is 11.6 Å². The van der Waals surface area contributed by atoms with E-state index >= 15 is 0 Å². The van der Waals surface area contributed by atoms with Gasteiger partial charge in [0.2, 0.25) is 0 Å². The highest BCUT2D eigenvalue weighted by atomic mass is 35.5. The Morgan fingerprint density at radius 3 is 2.64 bits per heavy atom. The summed E-state index contributed by atoms with van der Waals surface area (Å²) in [5.74, 6) is 0.0266. The van der Waals surface area contributed by atoms with Crippen molar-refractivity contribution in [1.29, 1.82) is 0 Å². The van der Waals surface area contributed by atoms with Gasteiger partial charge in [0, 0.05) is 29.1 Å². The van der Waals surface area contributed by atoms with Crippen LogP contribution in [0, 0.1) is 0 Å². The smallest absolute Gasteiger partial charge is 0.338 e. The quantitative estimate of drug-likeness (QED) is 0.757. The minimum atomic E-state index is -1.12. The van der Waals surface area contributed by atoms with Gasteiger partial charge in [-0.3, -0.25) is 4.79 Å². The molecule has 1 aromatic carbocycles. The van der Waals surface area contributed by atoms with Crippen molar-refractivity contribution in [3.63, 3.8) is 0 Å². The summed E-state index contributed by atoms with van der Waals surface area (Å²) in [6.45, 7) is 0.472. The number of carboxylic acids is 1. The summed E-state index contributed by atoms with van der Waals surface area (Å²) in [5.41, 5.74) is 1.13. The van der Waals surface area contributed by atoms with E-state index in [0.717, 1.165) is 23.3 Å². The zero-order valence-corrected chi connectivity index (χ0v) is 13.1. The molecule has 0 radical (unpaired) electrons. The van der Waals surface area contributed by atoms with E-state index in [2.05, 4.69) is 5.32 Å². The number of thioether (sulfide) groups is 1. The van der Waals surface area contributed by atoms with Gasteiger partial charge in [0.15, 0.2) is 5.76 Å². The average Bonchev–Trinajstić information content (AvgIpc) is 2.99. The first-order valence-electron chi connectivity index (χ1n) is 6.48. The Labute approximate surface area is 136 Å². The van der Waals surface area contributed by atoms with Gasteiger partial charge in [0.05, 0.1) is 5.56 Å². The molecule has 0 bridgehead atoms. The predicted octanol–water partition coefficient (Wildman–Crippen LogP) is 3.29. The van der Waals surface area contributed by atoms with E-state index in [1.54, 1.807) is 11.8 Å². The Morgan fingerprint density at radius 1 is 1.27 bits per heavy atom. The van der Waals surface area contributed by atoms with Gasteiger partial charge in [-0.05, 0) is 17.7 Å². The third kappa shape index (κ3) is 4.82. The highest BCUT2D eigenvalue weighted by molar-refractivity contribution is 7.98. The topological polar surface area (TPSA) is 79.5 Å². The SMILES string of the molecule is O=C(O)c1coc(C(=O)NCCSCc2ccc(Cl)cc2)c1. The monoisotopic (exact) mass is 339 g/mol. The van der Waals surface area contributed by atoms with Gasteiger partial charge >= 0.3 is 5.97 Å². The van der Waals surface area contributed by atoms with Crippen molar-refractivity contribution in [2.45, 2.75) is 5.75 Å². The fourth-order valence-electron chi connectivity index (χ4n) is 1.66. The molecule has 0 aliphatic heterocycles. The summed E-state index contributed by atoms with van der Waals surface area (Å²) < 4.78 is 4.91. The van der Waals surface area contributed by atoms with Crippen LogP contribution in [-0.4, -0.2) is 29.3 Å². The summed E-state index contributed by atoms with van der Waals surface area (Å²) in [5, 5.41) is 12.1. The van der Waals surface area contributed by atoms with Gasteiger partial charge in [0.1, 0.15) is 6.26 Å². The van der Waals surface area contributed by atoms with Crippen molar-refractivity contribution in [2.75, 3.05) is 12.3 Å². The Hall–Kier alpha value is -1.92. The Morgan fingerprint density at radius 2 is 2.00 bits per heavy atom. The standard InChI is InChI=1S/C15H14ClNO4S/c16-12-3-1-10(2-4-12)9-22-6-5-17-14(18)13-7-11(8-21-13)15(19)20/h1-4,7-8H,5-6,9H2,(H,17,18)(H,19,20). The van der Waals surface area contributed by atoms with E-state index in [1.165, 1.54) is 6.07 Å². The fraction of sp³-hybridized carbons (Fsp3) is 0.200. The molecule has 0 aliphatic rings. The molecule has 116 valence electrons. The molecule has 2 N–H and O–H groups in total. The molecule has 2 rings (SSSR count). The van der Waals surface area contributed by atoms with Crippen LogP contribution in [0.3, 0.4) is 0 Å². The number of furan rings is 1. The molecular weight excluding hydrogens is 326 g/mol. The molecule has 1 heterocycles. The van der Waals surface area contributed by atoms with Crippen LogP contribution >= 0.6 is 23.4 Å². The zero-order chi connectivity index (χ0) is 15.9. The van der Waals surface area contributed by atoms with E-state index in [4.69, 9.17) is 21.1 Å². The number of carboxylic acid groups (broad SMARTS) is 1. The third-order valence-electron chi connectivity index (χ3n) is 2.78. The van der Waals surface area contributed by atoms with Crippen molar-refractivity contribution in [3.8, 4) is 0 Å². The number of amides is 1. The lowest BCUT2D eigenvalue weighted by atomic mass is 10.2. The number of benzene rings is 1. The van der Waals surface area contributed by atoms with E-state index in [-0.39, 0.29) is 11.3 Å². The number of rotatable bonds is 7. The molecule has 5 nitrogen and oxygen atoms in total. The Balaban J connectivity index is 1.68. The molecular formula is C15H14ClNO4S. The number of nitrogens with one attached hydrogen (secondary N) is 1. The van der Waals surface area contributed by atoms with Crippen LogP contribution in [0.15, 0.2) is 41.0 Å². The summed E-state index contributed by atoms with van der Waals surface area (Å²) in [4.78, 5) is 22.4. The van der Waals surface area contributed by atoms with Crippen molar-refractivity contribution < 1.29 is 19.1 Å². The van der Waals surface area contributed by atoms with Gasteiger partial charge in [-0.15, -0.1) is 0 Å². The maximum Gasteiger partial charge on any atom is 0.338 e. The molecule has 0 aliphatic carbocycles. The van der Waals surface area contributed by atoms with Crippen LogP contribution in [0.2, 0.25) is 5.02 Å². The second-order valence-corrected chi connectivity index (χ2v) is 5.98. The Kier molecular flexibility index (Phi) is 5.91. The number of hydrogen-bond donors (Lipinski definition) is 2. The fourth-order valence-corrected chi connectivity index (χ4v) is 2.61. The largest absolute Gasteiger partial charge is 0.478 e. The van der Waals surface area contributed by atoms with Crippen LogP contribution in [0.25, 0.3) is 0 Å². The lowest BCUT2D eigenvalue weighted by Gasteiger charge is -2.04. The van der Waals surface area contributed by atoms with Gasteiger partial charge < -0.3 is 14.8 Å². The highest BCUT2D eigenvalue weighted by Gasteiger charge is 2.13. The lowest BCUT2D eigenvalue weighted by Crippen LogP contribution is -2.25. The van der Waals surface area contributed by atoms with E-state index in [1.807, 2.05) is 24.3 Å². The van der Waals surface area contributed by atoms with Gasteiger partial charge in [0.25, 0.3) is 5.91 Å². The molecule has 0 fully saturated rings. The maximum atomic E-state index is 11.7. The van der Waals surface area contributed by atoms with Crippen molar-refractivity contribution >= 4 is 35.2 Å². The molecule has 22 heavy (non-hydrogen) atoms. The van der Waals surface area contributed by atoms with Crippen molar-refractivity contribution in [3.05, 3.63) is 58.5 Å². The summed E-state index contributed by atoms with van der Waals surface area (Å²) in [7, 11) is 0. The number of aromatic carboxylic acids is 1. The zero-order valence-electron chi connectivity index (χ0n) is 11.5. The number of halogens is 1. The van der Waals surface area contributed by atoms with E-state index < -0.39 is 11.9 Å². The highest BCUT2D eigenvalue weighted by Crippen LogP contribution is 2.15. The molecule has 0 saturated carbocycles. The minimum absolute atomic E-state index is 0.0000937. The second kappa shape index (κ2) is 7.91. The number of carbonyl (C=O) groups excluding carboxylic acids is 1.